The molecule has 41 heavy (non-hydrogen) atoms. The van der Waals surface area contributed by atoms with E-state index < -0.39 is 28.6 Å². The third-order valence-electron chi connectivity index (χ3n) is 5.87. The molecule has 220 valence electrons. The van der Waals surface area contributed by atoms with Crippen LogP contribution in [-0.2, 0) is 24.3 Å². The first-order valence-corrected chi connectivity index (χ1v) is 14.2. The zero-order valence-corrected chi connectivity index (χ0v) is 23.7. The lowest BCUT2D eigenvalue weighted by Gasteiger charge is -2.38. The topological polar surface area (TPSA) is 141 Å². The van der Waals surface area contributed by atoms with Crippen molar-refractivity contribution < 1.29 is 37.0 Å². The molecule has 1 aliphatic heterocycles. The zero-order chi connectivity index (χ0) is 29.2. The Labute approximate surface area is 238 Å². The number of benzene rings is 2. The number of nitrogens with zero attached hydrogens (tertiary/aromatic N) is 3. The second kappa shape index (κ2) is 14.1. The molecule has 2 atom stereocenters. The van der Waals surface area contributed by atoms with Crippen molar-refractivity contribution in [2.75, 3.05) is 57.8 Å². The lowest BCUT2D eigenvalue weighted by molar-refractivity contribution is -0.274. The van der Waals surface area contributed by atoms with Crippen LogP contribution in [-0.4, -0.2) is 84.6 Å². The van der Waals surface area contributed by atoms with Crippen LogP contribution in [0.5, 0.6) is 11.5 Å². The first-order valence-electron chi connectivity index (χ1n) is 12.7. The number of hydroxylamine groups is 2. The van der Waals surface area contributed by atoms with Gasteiger partial charge >= 0.3 is 6.09 Å². The lowest BCUT2D eigenvalue weighted by atomic mass is 10.3. The van der Waals surface area contributed by atoms with Gasteiger partial charge in [0.1, 0.15) is 25.2 Å². The van der Waals surface area contributed by atoms with Gasteiger partial charge in [-0.3, -0.25) is 10.2 Å². The number of methoxy groups -OCH3 is 1. The van der Waals surface area contributed by atoms with Crippen LogP contribution in [0, 0.1) is 0 Å². The average molecular weight is 588 g/mol. The van der Waals surface area contributed by atoms with Crippen LogP contribution in [0.2, 0.25) is 0 Å². The standard InChI is InChI=1S/C27H33N5O8S/c1-31(2)20-11-13-21(14-12-20)41(34,35)30-25-19-38-26(40-23-9-5-4-8-22(23)36-3)18-32(25)39-17-16-37-27(33)29-24-10-6-7-15-28-24/h4-15,25-26,30H,16-19H2,1-3H3,(H,28,29,33). The molecule has 13 nitrogen and oxygen atoms in total. The highest BCUT2D eigenvalue weighted by molar-refractivity contribution is 7.89. The van der Waals surface area contributed by atoms with Crippen molar-refractivity contribution in [2.24, 2.45) is 0 Å². The number of aromatic nitrogens is 1. The average Bonchev–Trinajstić information content (AvgIpc) is 2.97. The maximum atomic E-state index is 13.2. The van der Waals surface area contributed by atoms with Crippen molar-refractivity contribution >= 4 is 27.6 Å². The Bertz CT molecular complexity index is 1380. The Morgan fingerprint density at radius 1 is 1.05 bits per heavy atom. The Kier molecular flexibility index (Phi) is 10.3. The third kappa shape index (κ3) is 8.52. The minimum atomic E-state index is -3.93. The lowest BCUT2D eigenvalue weighted by Crippen LogP contribution is -2.58. The number of anilines is 2. The maximum absolute atomic E-state index is 13.2. The molecule has 1 amide bonds. The van der Waals surface area contributed by atoms with E-state index in [1.54, 1.807) is 54.7 Å². The maximum Gasteiger partial charge on any atom is 0.412 e. The summed E-state index contributed by atoms with van der Waals surface area (Å²) in [5.41, 5.74) is 0.860. The molecule has 0 spiro atoms. The quantitative estimate of drug-likeness (QED) is 0.302. The second-order valence-electron chi connectivity index (χ2n) is 8.97. The second-order valence-corrected chi connectivity index (χ2v) is 10.7. The van der Waals surface area contributed by atoms with E-state index in [2.05, 4.69) is 15.0 Å². The van der Waals surface area contributed by atoms with Crippen LogP contribution in [0.4, 0.5) is 16.3 Å². The molecule has 3 aromatic rings. The number of para-hydroxylation sites is 2. The minimum Gasteiger partial charge on any atom is -0.493 e. The van der Waals surface area contributed by atoms with Crippen LogP contribution in [0.3, 0.4) is 0 Å². The van der Waals surface area contributed by atoms with Crippen molar-refractivity contribution in [3.05, 3.63) is 72.9 Å². The zero-order valence-electron chi connectivity index (χ0n) is 22.9. The molecule has 1 aromatic heterocycles. The molecule has 2 heterocycles. The summed E-state index contributed by atoms with van der Waals surface area (Å²) < 4.78 is 51.3. The van der Waals surface area contributed by atoms with Gasteiger partial charge in [0.2, 0.25) is 16.3 Å². The fraction of sp³-hybridized carbons (Fsp3) is 0.333. The van der Waals surface area contributed by atoms with Crippen molar-refractivity contribution in [1.82, 2.24) is 14.8 Å². The molecule has 4 rings (SSSR count). The number of morpholine rings is 1. The summed E-state index contributed by atoms with van der Waals surface area (Å²) in [6, 6.07) is 18.6. The Morgan fingerprint density at radius 3 is 2.46 bits per heavy atom. The number of hydrogen-bond acceptors (Lipinski definition) is 11. The first-order chi connectivity index (χ1) is 19.7. The van der Waals surface area contributed by atoms with Gasteiger partial charge < -0.3 is 23.8 Å². The van der Waals surface area contributed by atoms with Gasteiger partial charge in [0.15, 0.2) is 11.5 Å². The van der Waals surface area contributed by atoms with E-state index in [1.807, 2.05) is 25.1 Å². The van der Waals surface area contributed by atoms with Gasteiger partial charge in [-0.2, -0.15) is 9.79 Å². The van der Waals surface area contributed by atoms with E-state index in [0.29, 0.717) is 17.3 Å². The van der Waals surface area contributed by atoms with Crippen molar-refractivity contribution in [3.63, 3.8) is 0 Å². The van der Waals surface area contributed by atoms with Crippen LogP contribution >= 0.6 is 0 Å². The van der Waals surface area contributed by atoms with E-state index in [1.165, 1.54) is 24.3 Å². The van der Waals surface area contributed by atoms with Crippen LogP contribution in [0.1, 0.15) is 0 Å². The number of hydrogen-bond donors (Lipinski definition) is 2. The highest BCUT2D eigenvalue weighted by atomic mass is 32.2. The summed E-state index contributed by atoms with van der Waals surface area (Å²) in [6.45, 7) is -0.229. The Balaban J connectivity index is 1.40. The van der Waals surface area contributed by atoms with Gasteiger partial charge in [-0.05, 0) is 48.5 Å². The largest absolute Gasteiger partial charge is 0.493 e. The Hall–Kier alpha value is -3.95. The molecular formula is C27H33N5O8S. The number of ether oxygens (including phenoxy) is 4. The summed E-state index contributed by atoms with van der Waals surface area (Å²) in [5.74, 6) is 1.31. The smallest absolute Gasteiger partial charge is 0.412 e. The van der Waals surface area contributed by atoms with Gasteiger partial charge in [0.05, 0.1) is 25.2 Å². The molecule has 0 radical (unpaired) electrons. The van der Waals surface area contributed by atoms with Gasteiger partial charge in [-0.25, -0.2) is 18.2 Å². The van der Waals surface area contributed by atoms with E-state index in [0.717, 1.165) is 5.69 Å². The van der Waals surface area contributed by atoms with Gasteiger partial charge in [-0.1, -0.05) is 18.2 Å². The predicted molar refractivity (Wildman–Crippen MR) is 150 cm³/mol. The molecular weight excluding hydrogens is 554 g/mol. The van der Waals surface area contributed by atoms with Crippen molar-refractivity contribution in [3.8, 4) is 11.5 Å². The molecule has 0 saturated carbocycles. The van der Waals surface area contributed by atoms with Gasteiger partial charge in [0.25, 0.3) is 0 Å². The molecule has 0 aliphatic carbocycles. The summed E-state index contributed by atoms with van der Waals surface area (Å²) in [5, 5.41) is 3.90. The van der Waals surface area contributed by atoms with E-state index in [4.69, 9.17) is 23.8 Å². The number of rotatable bonds is 12. The molecule has 2 aromatic carbocycles. The number of carbonyl (C=O) groups is 1. The van der Waals surface area contributed by atoms with Gasteiger partial charge in [0, 0.05) is 26.0 Å². The number of carbonyl (C=O) groups excluding carboxylic acids is 1. The fourth-order valence-electron chi connectivity index (χ4n) is 3.81. The van der Waals surface area contributed by atoms with Crippen molar-refractivity contribution in [2.45, 2.75) is 17.4 Å². The molecule has 14 heteroatoms. The number of nitrogens with one attached hydrogen (secondary N) is 2. The van der Waals surface area contributed by atoms with E-state index >= 15 is 0 Å². The number of amides is 1. The summed E-state index contributed by atoms with van der Waals surface area (Å²) in [4.78, 5) is 23.9. The molecule has 0 bridgehead atoms. The van der Waals surface area contributed by atoms with Crippen LogP contribution in [0.25, 0.3) is 0 Å². The molecule has 1 aliphatic rings. The third-order valence-corrected chi connectivity index (χ3v) is 7.34. The normalized spacial score (nSPS) is 17.4. The highest BCUT2D eigenvalue weighted by Crippen LogP contribution is 2.28. The van der Waals surface area contributed by atoms with E-state index in [-0.39, 0.29) is 31.3 Å². The summed E-state index contributed by atoms with van der Waals surface area (Å²) in [7, 11) is 1.33. The molecule has 2 N–H and O–H groups in total. The Morgan fingerprint density at radius 2 is 1.78 bits per heavy atom. The highest BCUT2D eigenvalue weighted by Gasteiger charge is 2.35. The number of sulfonamides is 1. The summed E-state index contributed by atoms with van der Waals surface area (Å²) in [6.07, 6.45) is -0.864. The fourth-order valence-corrected chi connectivity index (χ4v) is 4.98. The van der Waals surface area contributed by atoms with Crippen molar-refractivity contribution in [1.29, 1.82) is 0 Å². The number of pyridine rings is 1. The van der Waals surface area contributed by atoms with Crippen LogP contribution < -0.4 is 24.4 Å². The van der Waals surface area contributed by atoms with E-state index in [9.17, 15) is 13.2 Å². The molecule has 2 unspecified atom stereocenters. The minimum absolute atomic E-state index is 0.0327. The van der Waals surface area contributed by atoms with Crippen LogP contribution in [0.15, 0.2) is 77.8 Å². The SMILES string of the molecule is COc1ccccc1OC1CN(OCCOC(=O)Nc2ccccn2)C(NS(=O)(=O)c2ccc(N(C)C)cc2)CO1. The van der Waals surface area contributed by atoms with Gasteiger partial charge in [-0.15, -0.1) is 0 Å². The molecule has 1 fully saturated rings. The molecule has 1 saturated heterocycles. The predicted octanol–water partition coefficient (Wildman–Crippen LogP) is 2.68. The first kappa shape index (κ1) is 30.0. The monoisotopic (exact) mass is 587 g/mol. The summed E-state index contributed by atoms with van der Waals surface area (Å²) >= 11 is 0.